The molecule has 5 rings (SSSR count). The number of hydrogen-bond acceptors (Lipinski definition) is 2. The van der Waals surface area contributed by atoms with Crippen LogP contribution >= 0.6 is 0 Å². The van der Waals surface area contributed by atoms with Crippen LogP contribution in [0.25, 0.3) is 0 Å². The Morgan fingerprint density at radius 2 is 1.55 bits per heavy atom. The van der Waals surface area contributed by atoms with Gasteiger partial charge in [-0.3, -0.25) is 0 Å². The predicted octanol–water partition coefficient (Wildman–Crippen LogP) is 6.97. The van der Waals surface area contributed by atoms with Crippen molar-refractivity contribution in [2.24, 2.45) is 52.3 Å². The summed E-state index contributed by atoms with van der Waals surface area (Å²) in [5.74, 6) is 5.14. The molecule has 0 aliphatic heterocycles. The first kappa shape index (κ1) is 22.7. The van der Waals surface area contributed by atoms with Crippen molar-refractivity contribution in [3.63, 3.8) is 0 Å². The minimum atomic E-state index is -0.384. The first-order valence-corrected chi connectivity index (χ1v) is 14.1. The minimum absolute atomic E-state index is 0.0703. The van der Waals surface area contributed by atoms with Crippen molar-refractivity contribution in [3.8, 4) is 0 Å². The summed E-state index contributed by atoms with van der Waals surface area (Å²) in [7, 11) is 0. The van der Waals surface area contributed by atoms with Crippen LogP contribution < -0.4 is 0 Å². The van der Waals surface area contributed by atoms with Crippen LogP contribution in [0.1, 0.15) is 118 Å². The van der Waals surface area contributed by atoms with Gasteiger partial charge >= 0.3 is 0 Å². The SMILES string of the molecule is CC[C@]1(O)CC[C@@]2(C)[C@@H](CC[C@@H]3[C@@H]2CC[C@]2(C)[C@@H]([C@H](C)[C@H](O)C4CCCC4)CC[C@@H]32)C1. The van der Waals surface area contributed by atoms with Gasteiger partial charge < -0.3 is 10.2 Å². The van der Waals surface area contributed by atoms with E-state index in [0.717, 1.165) is 48.9 Å². The largest absolute Gasteiger partial charge is 0.393 e. The molecule has 0 aromatic heterocycles. The number of aliphatic hydroxyl groups is 2. The van der Waals surface area contributed by atoms with Gasteiger partial charge in [0.2, 0.25) is 0 Å². The van der Waals surface area contributed by atoms with Gasteiger partial charge in [-0.15, -0.1) is 0 Å². The van der Waals surface area contributed by atoms with Crippen LogP contribution in [0.4, 0.5) is 0 Å². The lowest BCUT2D eigenvalue weighted by Crippen LogP contribution is -2.56. The van der Waals surface area contributed by atoms with E-state index in [9.17, 15) is 10.2 Å². The van der Waals surface area contributed by atoms with E-state index in [1.54, 1.807) is 0 Å². The van der Waals surface area contributed by atoms with Gasteiger partial charge in [-0.05, 0) is 129 Å². The summed E-state index contributed by atoms with van der Waals surface area (Å²) in [5.41, 5.74) is 0.519. The normalized spacial score (nSPS) is 52.3. The zero-order valence-corrected chi connectivity index (χ0v) is 20.9. The standard InChI is InChI=1S/C29H50O2/c1-5-29(31)17-16-27(3)21(18-29)10-11-22-24-13-12-23(28(24,4)15-14-25(22)27)19(2)26(30)20-8-6-7-9-20/h19-26,30-31H,5-18H2,1-4H3/t19-,21-,22-,23+,24-,25-,26-,27-,28+,29-/m0/s1. The second kappa shape index (κ2) is 8.00. The zero-order chi connectivity index (χ0) is 22.0. The second-order valence-corrected chi connectivity index (χ2v) is 13.6. The molecule has 10 atom stereocenters. The molecule has 0 unspecified atom stereocenters. The Labute approximate surface area is 192 Å². The summed E-state index contributed by atoms with van der Waals surface area (Å²) >= 11 is 0. The molecule has 0 aromatic rings. The fourth-order valence-corrected chi connectivity index (χ4v) is 10.5. The van der Waals surface area contributed by atoms with Crippen molar-refractivity contribution in [2.75, 3.05) is 0 Å². The number of fused-ring (bicyclic) bond motifs is 5. The predicted molar refractivity (Wildman–Crippen MR) is 128 cm³/mol. The molecular weight excluding hydrogens is 380 g/mol. The summed E-state index contributed by atoms with van der Waals surface area (Å²) < 4.78 is 0. The van der Waals surface area contributed by atoms with Crippen LogP contribution in [0, 0.1) is 52.3 Å². The second-order valence-electron chi connectivity index (χ2n) is 13.6. The van der Waals surface area contributed by atoms with E-state index < -0.39 is 0 Å². The van der Waals surface area contributed by atoms with E-state index in [0.29, 0.717) is 22.7 Å². The zero-order valence-electron chi connectivity index (χ0n) is 20.9. The van der Waals surface area contributed by atoms with Crippen molar-refractivity contribution in [1.29, 1.82) is 0 Å². The van der Waals surface area contributed by atoms with Gasteiger partial charge in [0.1, 0.15) is 0 Å². The molecule has 2 nitrogen and oxygen atoms in total. The Morgan fingerprint density at radius 3 is 2.26 bits per heavy atom. The summed E-state index contributed by atoms with van der Waals surface area (Å²) in [5, 5.41) is 22.3. The van der Waals surface area contributed by atoms with Crippen molar-refractivity contribution in [1.82, 2.24) is 0 Å². The van der Waals surface area contributed by atoms with Crippen molar-refractivity contribution < 1.29 is 10.2 Å². The first-order chi connectivity index (χ1) is 14.7. The molecule has 0 spiro atoms. The molecule has 0 amide bonds. The van der Waals surface area contributed by atoms with Gasteiger partial charge in [0.25, 0.3) is 0 Å². The van der Waals surface area contributed by atoms with Crippen LogP contribution in [0.2, 0.25) is 0 Å². The van der Waals surface area contributed by atoms with Crippen LogP contribution in [-0.4, -0.2) is 21.9 Å². The Hall–Kier alpha value is -0.0800. The van der Waals surface area contributed by atoms with E-state index >= 15 is 0 Å². The van der Waals surface area contributed by atoms with Gasteiger partial charge in [0, 0.05) is 0 Å². The van der Waals surface area contributed by atoms with Gasteiger partial charge in [0.15, 0.2) is 0 Å². The smallest absolute Gasteiger partial charge is 0.0648 e. The highest BCUT2D eigenvalue weighted by Crippen LogP contribution is 2.69. The maximum absolute atomic E-state index is 11.3. The van der Waals surface area contributed by atoms with Crippen LogP contribution in [0.15, 0.2) is 0 Å². The minimum Gasteiger partial charge on any atom is -0.393 e. The monoisotopic (exact) mass is 430 g/mol. The molecular formula is C29H50O2. The Bertz CT molecular complexity index is 655. The molecule has 0 aromatic carbocycles. The lowest BCUT2D eigenvalue weighted by atomic mass is 9.43. The van der Waals surface area contributed by atoms with Crippen molar-refractivity contribution in [3.05, 3.63) is 0 Å². The molecule has 178 valence electrons. The van der Waals surface area contributed by atoms with Crippen LogP contribution in [-0.2, 0) is 0 Å². The van der Waals surface area contributed by atoms with E-state index in [1.807, 2.05) is 0 Å². The highest BCUT2D eigenvalue weighted by Gasteiger charge is 2.62. The highest BCUT2D eigenvalue weighted by atomic mass is 16.3. The quantitative estimate of drug-likeness (QED) is 0.505. The Kier molecular flexibility index (Phi) is 5.86. The van der Waals surface area contributed by atoms with Crippen molar-refractivity contribution in [2.45, 2.75) is 129 Å². The average Bonchev–Trinajstić information content (AvgIpc) is 3.41. The van der Waals surface area contributed by atoms with Crippen LogP contribution in [0.3, 0.4) is 0 Å². The molecule has 31 heavy (non-hydrogen) atoms. The summed E-state index contributed by atoms with van der Waals surface area (Å²) in [6, 6.07) is 0. The Balaban J connectivity index is 1.33. The fourth-order valence-electron chi connectivity index (χ4n) is 10.5. The summed E-state index contributed by atoms with van der Waals surface area (Å²) in [6.07, 6.45) is 17.6. The van der Waals surface area contributed by atoms with E-state index in [-0.39, 0.29) is 11.7 Å². The average molecular weight is 431 g/mol. The molecule has 5 saturated carbocycles. The molecule has 2 N–H and O–H groups in total. The summed E-state index contributed by atoms with van der Waals surface area (Å²) in [4.78, 5) is 0. The van der Waals surface area contributed by atoms with Crippen LogP contribution in [0.5, 0.6) is 0 Å². The molecule has 2 heteroatoms. The maximum atomic E-state index is 11.3. The van der Waals surface area contributed by atoms with Gasteiger partial charge in [-0.25, -0.2) is 0 Å². The van der Waals surface area contributed by atoms with Gasteiger partial charge in [0.05, 0.1) is 11.7 Å². The maximum Gasteiger partial charge on any atom is 0.0648 e. The third-order valence-electron chi connectivity index (χ3n) is 12.6. The van der Waals surface area contributed by atoms with Gasteiger partial charge in [-0.2, -0.15) is 0 Å². The molecule has 5 aliphatic carbocycles. The highest BCUT2D eigenvalue weighted by molar-refractivity contribution is 5.11. The molecule has 5 aliphatic rings. The molecule has 0 heterocycles. The van der Waals surface area contributed by atoms with E-state index in [2.05, 4.69) is 27.7 Å². The number of hydrogen-bond donors (Lipinski definition) is 2. The third-order valence-corrected chi connectivity index (χ3v) is 12.6. The third kappa shape index (κ3) is 3.48. The fraction of sp³-hybridized carbons (Fsp3) is 1.00. The van der Waals surface area contributed by atoms with E-state index in [1.165, 1.54) is 70.6 Å². The van der Waals surface area contributed by atoms with Gasteiger partial charge in [-0.1, -0.05) is 40.5 Å². The van der Waals surface area contributed by atoms with Crippen molar-refractivity contribution >= 4 is 0 Å². The lowest BCUT2D eigenvalue weighted by Gasteiger charge is -2.62. The number of rotatable bonds is 4. The lowest BCUT2D eigenvalue weighted by molar-refractivity contribution is -0.154. The molecule has 0 bridgehead atoms. The molecule has 5 fully saturated rings. The number of aliphatic hydroxyl groups excluding tert-OH is 1. The Morgan fingerprint density at radius 1 is 0.839 bits per heavy atom. The first-order valence-electron chi connectivity index (χ1n) is 14.1. The summed E-state index contributed by atoms with van der Waals surface area (Å²) in [6.45, 7) is 9.83. The molecule has 0 saturated heterocycles. The topological polar surface area (TPSA) is 40.5 Å². The van der Waals surface area contributed by atoms with E-state index in [4.69, 9.17) is 0 Å². The molecule has 0 radical (unpaired) electrons.